The first-order valence-electron chi connectivity index (χ1n) is 5.80. The van der Waals surface area contributed by atoms with E-state index < -0.39 is 0 Å². The van der Waals surface area contributed by atoms with E-state index in [2.05, 4.69) is 17.6 Å². The second-order valence-corrected chi connectivity index (χ2v) is 4.19. The Morgan fingerprint density at radius 1 is 1.53 bits per heavy atom. The summed E-state index contributed by atoms with van der Waals surface area (Å²) >= 11 is 0. The van der Waals surface area contributed by atoms with Crippen LogP contribution >= 0.6 is 0 Å². The Bertz CT molecular complexity index is 189. The summed E-state index contributed by atoms with van der Waals surface area (Å²) in [6.45, 7) is 6.65. The number of nitrogens with one attached hydrogen (secondary N) is 2. The maximum absolute atomic E-state index is 11.3. The van der Waals surface area contributed by atoms with Crippen molar-refractivity contribution in [1.82, 2.24) is 10.6 Å². The number of ether oxygens (including phenoxy) is 1. The Labute approximate surface area is 91.8 Å². The summed E-state index contributed by atoms with van der Waals surface area (Å²) in [7, 11) is 0. The van der Waals surface area contributed by atoms with Crippen LogP contribution in [0, 0.1) is 5.92 Å². The normalized spacial score (nSPS) is 26.3. The minimum Gasteiger partial charge on any atom is -0.372 e. The molecular weight excluding hydrogens is 192 g/mol. The van der Waals surface area contributed by atoms with Crippen LogP contribution in [0.5, 0.6) is 0 Å². The molecule has 0 aromatic carbocycles. The summed E-state index contributed by atoms with van der Waals surface area (Å²) in [5.74, 6) is 0.572. The van der Waals surface area contributed by atoms with Crippen molar-refractivity contribution in [3.8, 4) is 0 Å². The molecule has 88 valence electrons. The summed E-state index contributed by atoms with van der Waals surface area (Å²) < 4.78 is 5.02. The Morgan fingerprint density at radius 2 is 2.33 bits per heavy atom. The van der Waals surface area contributed by atoms with Crippen LogP contribution in [0.25, 0.3) is 0 Å². The van der Waals surface area contributed by atoms with Gasteiger partial charge in [-0.05, 0) is 39.2 Å². The van der Waals surface area contributed by atoms with Gasteiger partial charge in [-0.3, -0.25) is 4.79 Å². The molecule has 2 N–H and O–H groups in total. The molecule has 1 aliphatic heterocycles. The molecule has 1 amide bonds. The maximum Gasteiger partial charge on any atom is 0.246 e. The van der Waals surface area contributed by atoms with Gasteiger partial charge in [-0.1, -0.05) is 0 Å². The number of carbonyl (C=O) groups excluding carboxylic acids is 1. The molecule has 1 heterocycles. The lowest BCUT2D eigenvalue weighted by Crippen LogP contribution is -2.42. The highest BCUT2D eigenvalue weighted by molar-refractivity contribution is 5.77. The van der Waals surface area contributed by atoms with E-state index >= 15 is 0 Å². The molecule has 1 rings (SSSR count). The predicted molar refractivity (Wildman–Crippen MR) is 59.7 cm³/mol. The molecule has 0 aromatic heterocycles. The second-order valence-electron chi connectivity index (χ2n) is 4.19. The van der Waals surface area contributed by atoms with E-state index in [-0.39, 0.29) is 12.5 Å². The number of piperidine rings is 1. The fraction of sp³-hybridized carbons (Fsp3) is 0.909. The zero-order valence-corrected chi connectivity index (χ0v) is 9.71. The highest BCUT2D eigenvalue weighted by Crippen LogP contribution is 2.12. The summed E-state index contributed by atoms with van der Waals surface area (Å²) in [6, 6.07) is 0.625. The number of amides is 1. The van der Waals surface area contributed by atoms with E-state index in [1.165, 1.54) is 12.8 Å². The summed E-state index contributed by atoms with van der Waals surface area (Å²) in [6.07, 6.45) is 2.40. The quantitative estimate of drug-likeness (QED) is 0.702. The molecule has 15 heavy (non-hydrogen) atoms. The van der Waals surface area contributed by atoms with Crippen LogP contribution in [0.1, 0.15) is 26.7 Å². The molecule has 4 heteroatoms. The molecule has 1 fully saturated rings. The molecule has 2 unspecified atom stereocenters. The summed E-state index contributed by atoms with van der Waals surface area (Å²) in [4.78, 5) is 11.3. The van der Waals surface area contributed by atoms with Gasteiger partial charge in [0.15, 0.2) is 0 Å². The molecule has 4 nitrogen and oxygen atoms in total. The molecule has 1 saturated heterocycles. The van der Waals surface area contributed by atoms with Crippen molar-refractivity contribution in [2.24, 2.45) is 5.92 Å². The molecule has 0 aromatic rings. The van der Waals surface area contributed by atoms with Gasteiger partial charge in [0.05, 0.1) is 0 Å². The number of hydrogen-bond acceptors (Lipinski definition) is 3. The minimum atomic E-state index is -0.00419. The fourth-order valence-electron chi connectivity index (χ4n) is 1.74. The van der Waals surface area contributed by atoms with Crippen LogP contribution in [0.3, 0.4) is 0 Å². The Hall–Kier alpha value is -0.610. The van der Waals surface area contributed by atoms with Crippen molar-refractivity contribution in [1.29, 1.82) is 0 Å². The first-order chi connectivity index (χ1) is 7.22. The van der Waals surface area contributed by atoms with E-state index in [4.69, 9.17) is 4.74 Å². The highest BCUT2D eigenvalue weighted by Gasteiger charge is 2.17. The molecule has 0 aliphatic carbocycles. The first-order valence-corrected chi connectivity index (χ1v) is 5.80. The van der Waals surface area contributed by atoms with E-state index in [1.807, 2.05) is 6.92 Å². The smallest absolute Gasteiger partial charge is 0.246 e. The van der Waals surface area contributed by atoms with Crippen LogP contribution in [-0.4, -0.2) is 38.3 Å². The van der Waals surface area contributed by atoms with Crippen molar-refractivity contribution in [3.63, 3.8) is 0 Å². The molecular formula is C11H22N2O2. The summed E-state index contributed by atoms with van der Waals surface area (Å²) in [5.41, 5.74) is 0. The van der Waals surface area contributed by atoms with Crippen LogP contribution in [0.2, 0.25) is 0 Å². The SMILES string of the molecule is CCOCC(=O)NCC1CCC(C)NC1. The molecule has 0 spiro atoms. The van der Waals surface area contributed by atoms with Gasteiger partial charge < -0.3 is 15.4 Å². The fourth-order valence-corrected chi connectivity index (χ4v) is 1.74. The topological polar surface area (TPSA) is 50.4 Å². The van der Waals surface area contributed by atoms with Crippen LogP contribution in [0.15, 0.2) is 0 Å². The third-order valence-electron chi connectivity index (χ3n) is 2.79. The number of rotatable bonds is 5. The molecule has 1 aliphatic rings. The molecule has 0 saturated carbocycles. The van der Waals surface area contributed by atoms with Gasteiger partial charge in [0, 0.05) is 19.2 Å². The van der Waals surface area contributed by atoms with Crippen molar-refractivity contribution < 1.29 is 9.53 Å². The number of carbonyl (C=O) groups is 1. The lowest BCUT2D eigenvalue weighted by molar-refractivity contribution is -0.125. The lowest BCUT2D eigenvalue weighted by Gasteiger charge is -2.27. The van der Waals surface area contributed by atoms with Gasteiger partial charge in [-0.25, -0.2) is 0 Å². The van der Waals surface area contributed by atoms with Gasteiger partial charge in [-0.2, -0.15) is 0 Å². The standard InChI is InChI=1S/C11H22N2O2/c1-3-15-8-11(14)13-7-10-5-4-9(2)12-6-10/h9-10,12H,3-8H2,1-2H3,(H,13,14). The lowest BCUT2D eigenvalue weighted by atomic mass is 9.95. The third kappa shape index (κ3) is 5.14. The van der Waals surface area contributed by atoms with Crippen LogP contribution in [0.4, 0.5) is 0 Å². The van der Waals surface area contributed by atoms with Crippen molar-refractivity contribution in [3.05, 3.63) is 0 Å². The summed E-state index contributed by atoms with van der Waals surface area (Å²) in [5, 5.41) is 6.31. The van der Waals surface area contributed by atoms with E-state index in [0.29, 0.717) is 18.6 Å². The van der Waals surface area contributed by atoms with Crippen molar-refractivity contribution in [2.75, 3.05) is 26.3 Å². The minimum absolute atomic E-state index is 0.00419. The zero-order valence-electron chi connectivity index (χ0n) is 9.71. The Kier molecular flexibility index (Phi) is 5.65. The Balaban J connectivity index is 2.06. The predicted octanol–water partition coefficient (Wildman–Crippen LogP) is 0.527. The highest BCUT2D eigenvalue weighted by atomic mass is 16.5. The van der Waals surface area contributed by atoms with Gasteiger partial charge in [0.2, 0.25) is 5.91 Å². The average Bonchev–Trinajstić information content (AvgIpc) is 2.25. The third-order valence-corrected chi connectivity index (χ3v) is 2.79. The molecule has 0 radical (unpaired) electrons. The number of hydrogen-bond donors (Lipinski definition) is 2. The first kappa shape index (κ1) is 12.5. The van der Waals surface area contributed by atoms with Gasteiger partial charge in [-0.15, -0.1) is 0 Å². The van der Waals surface area contributed by atoms with Gasteiger partial charge in [0.1, 0.15) is 6.61 Å². The second kappa shape index (κ2) is 6.80. The van der Waals surface area contributed by atoms with Crippen molar-refractivity contribution >= 4 is 5.91 Å². The molecule has 2 atom stereocenters. The average molecular weight is 214 g/mol. The van der Waals surface area contributed by atoms with E-state index in [1.54, 1.807) is 0 Å². The van der Waals surface area contributed by atoms with Crippen LogP contribution in [-0.2, 0) is 9.53 Å². The zero-order chi connectivity index (χ0) is 11.1. The van der Waals surface area contributed by atoms with Crippen molar-refractivity contribution in [2.45, 2.75) is 32.7 Å². The van der Waals surface area contributed by atoms with Crippen LogP contribution < -0.4 is 10.6 Å². The maximum atomic E-state index is 11.3. The van der Waals surface area contributed by atoms with Gasteiger partial charge >= 0.3 is 0 Å². The Morgan fingerprint density at radius 3 is 2.93 bits per heavy atom. The largest absolute Gasteiger partial charge is 0.372 e. The van der Waals surface area contributed by atoms with Gasteiger partial charge in [0.25, 0.3) is 0 Å². The van der Waals surface area contributed by atoms with E-state index in [9.17, 15) is 4.79 Å². The monoisotopic (exact) mass is 214 g/mol. The van der Waals surface area contributed by atoms with E-state index in [0.717, 1.165) is 13.1 Å². The molecule has 0 bridgehead atoms.